The molecule has 5 heteroatoms. The van der Waals surface area contributed by atoms with Crippen LogP contribution in [0.3, 0.4) is 0 Å². The van der Waals surface area contributed by atoms with E-state index in [1.54, 1.807) is 6.92 Å². The van der Waals surface area contributed by atoms with Crippen molar-refractivity contribution in [1.29, 1.82) is 0 Å². The van der Waals surface area contributed by atoms with Crippen molar-refractivity contribution in [3.63, 3.8) is 0 Å². The smallest absolute Gasteiger partial charge is 0.323 e. The Morgan fingerprint density at radius 1 is 1.53 bits per heavy atom. The van der Waals surface area contributed by atoms with Crippen molar-refractivity contribution < 1.29 is 18.3 Å². The Labute approximate surface area is 88.4 Å². The molecule has 0 radical (unpaired) electrons. The van der Waals surface area contributed by atoms with E-state index in [1.165, 1.54) is 4.90 Å². The van der Waals surface area contributed by atoms with Crippen LogP contribution in [-0.4, -0.2) is 43.0 Å². The molecular formula is C10H17F2NO2. The third kappa shape index (κ3) is 3.74. The summed E-state index contributed by atoms with van der Waals surface area (Å²) in [5.74, 6) is -0.363. The summed E-state index contributed by atoms with van der Waals surface area (Å²) in [4.78, 5) is 13.0. The quantitative estimate of drug-likeness (QED) is 0.676. The molecule has 88 valence electrons. The third-order valence-electron chi connectivity index (χ3n) is 2.54. The Hall–Kier alpha value is -0.710. The first-order valence-corrected chi connectivity index (χ1v) is 5.34. The molecule has 0 spiro atoms. The number of carbonyl (C=O) groups is 1. The van der Waals surface area contributed by atoms with E-state index in [2.05, 4.69) is 0 Å². The first-order valence-electron chi connectivity index (χ1n) is 5.34. The van der Waals surface area contributed by atoms with E-state index >= 15 is 0 Å². The SMILES string of the molecule is CCOC(=O)[C@H]1CCCCN1CC(F)F. The van der Waals surface area contributed by atoms with Crippen molar-refractivity contribution in [1.82, 2.24) is 4.90 Å². The number of piperidine rings is 1. The van der Waals surface area contributed by atoms with Gasteiger partial charge in [-0.15, -0.1) is 0 Å². The van der Waals surface area contributed by atoms with E-state index < -0.39 is 12.5 Å². The van der Waals surface area contributed by atoms with E-state index in [0.717, 1.165) is 12.8 Å². The standard InChI is InChI=1S/C10H17F2NO2/c1-2-15-10(14)8-5-3-4-6-13(8)7-9(11)12/h8-9H,2-7H2,1H3/t8-/m1/s1. The summed E-state index contributed by atoms with van der Waals surface area (Å²) >= 11 is 0. The first kappa shape index (κ1) is 12.4. The maximum absolute atomic E-state index is 12.2. The number of ether oxygens (including phenoxy) is 1. The van der Waals surface area contributed by atoms with Crippen LogP contribution in [-0.2, 0) is 9.53 Å². The molecule has 1 fully saturated rings. The van der Waals surface area contributed by atoms with E-state index in [1.807, 2.05) is 0 Å². The minimum absolute atomic E-state index is 0.303. The topological polar surface area (TPSA) is 29.5 Å². The summed E-state index contributed by atoms with van der Waals surface area (Å²) in [5.41, 5.74) is 0. The number of carbonyl (C=O) groups excluding carboxylic acids is 1. The number of rotatable bonds is 4. The van der Waals surface area contributed by atoms with Crippen molar-refractivity contribution in [2.75, 3.05) is 19.7 Å². The number of likely N-dealkylation sites (tertiary alicyclic amines) is 1. The molecule has 0 amide bonds. The van der Waals surface area contributed by atoms with Crippen molar-refractivity contribution in [2.45, 2.75) is 38.7 Å². The van der Waals surface area contributed by atoms with Gasteiger partial charge in [0, 0.05) is 0 Å². The Morgan fingerprint density at radius 2 is 2.27 bits per heavy atom. The fraction of sp³-hybridized carbons (Fsp3) is 0.900. The van der Waals surface area contributed by atoms with Gasteiger partial charge >= 0.3 is 5.97 Å². The Morgan fingerprint density at radius 3 is 2.87 bits per heavy atom. The molecule has 1 atom stereocenters. The van der Waals surface area contributed by atoms with E-state index in [4.69, 9.17) is 4.74 Å². The zero-order valence-corrected chi connectivity index (χ0v) is 8.92. The molecule has 1 saturated heterocycles. The second kappa shape index (κ2) is 6.00. The van der Waals surface area contributed by atoms with E-state index in [9.17, 15) is 13.6 Å². The van der Waals surface area contributed by atoms with Gasteiger partial charge in [-0.3, -0.25) is 9.69 Å². The highest BCUT2D eigenvalue weighted by Crippen LogP contribution is 2.19. The molecule has 0 aromatic rings. The lowest BCUT2D eigenvalue weighted by Gasteiger charge is -2.33. The second-order valence-corrected chi connectivity index (χ2v) is 3.65. The summed E-state index contributed by atoms with van der Waals surface area (Å²) in [6.45, 7) is 2.26. The summed E-state index contributed by atoms with van der Waals surface area (Å²) in [6, 6.07) is -0.465. The van der Waals surface area contributed by atoms with Gasteiger partial charge in [0.2, 0.25) is 0 Å². The molecule has 1 heterocycles. The normalized spacial score (nSPS) is 23.1. The fourth-order valence-electron chi connectivity index (χ4n) is 1.89. The van der Waals surface area contributed by atoms with Gasteiger partial charge < -0.3 is 4.74 Å². The Kier molecular flexibility index (Phi) is 4.94. The minimum Gasteiger partial charge on any atom is -0.465 e. The molecule has 0 aliphatic carbocycles. The van der Waals surface area contributed by atoms with Gasteiger partial charge in [-0.05, 0) is 26.3 Å². The van der Waals surface area contributed by atoms with Gasteiger partial charge in [-0.2, -0.15) is 0 Å². The van der Waals surface area contributed by atoms with Crippen LogP contribution >= 0.6 is 0 Å². The van der Waals surface area contributed by atoms with Crippen LogP contribution in [0.4, 0.5) is 8.78 Å². The summed E-state index contributed by atoms with van der Waals surface area (Å²) < 4.78 is 29.4. The van der Waals surface area contributed by atoms with Crippen molar-refractivity contribution in [3.05, 3.63) is 0 Å². The fourth-order valence-corrected chi connectivity index (χ4v) is 1.89. The van der Waals surface area contributed by atoms with Crippen molar-refractivity contribution in [2.24, 2.45) is 0 Å². The lowest BCUT2D eigenvalue weighted by atomic mass is 10.0. The molecule has 15 heavy (non-hydrogen) atoms. The lowest BCUT2D eigenvalue weighted by Crippen LogP contribution is -2.47. The second-order valence-electron chi connectivity index (χ2n) is 3.65. The lowest BCUT2D eigenvalue weighted by molar-refractivity contribution is -0.151. The molecule has 1 aliphatic rings. The number of hydrogen-bond acceptors (Lipinski definition) is 3. The van der Waals surface area contributed by atoms with Crippen LogP contribution in [0.15, 0.2) is 0 Å². The molecule has 0 aromatic carbocycles. The molecule has 0 saturated carbocycles. The molecule has 0 bridgehead atoms. The highest BCUT2D eigenvalue weighted by molar-refractivity contribution is 5.75. The van der Waals surface area contributed by atoms with Gasteiger partial charge in [-0.25, -0.2) is 8.78 Å². The Bertz CT molecular complexity index is 212. The molecule has 0 N–H and O–H groups in total. The average molecular weight is 221 g/mol. The van der Waals surface area contributed by atoms with Crippen LogP contribution in [0.25, 0.3) is 0 Å². The maximum Gasteiger partial charge on any atom is 0.323 e. The van der Waals surface area contributed by atoms with Crippen LogP contribution in [0.5, 0.6) is 0 Å². The summed E-state index contributed by atoms with van der Waals surface area (Å²) in [7, 11) is 0. The predicted molar refractivity (Wildman–Crippen MR) is 51.8 cm³/mol. The van der Waals surface area contributed by atoms with Crippen LogP contribution in [0.2, 0.25) is 0 Å². The van der Waals surface area contributed by atoms with Gasteiger partial charge in [0.1, 0.15) is 6.04 Å². The van der Waals surface area contributed by atoms with Crippen LogP contribution in [0, 0.1) is 0 Å². The largest absolute Gasteiger partial charge is 0.465 e. The van der Waals surface area contributed by atoms with Gasteiger partial charge in [0.25, 0.3) is 6.43 Å². The molecule has 0 unspecified atom stereocenters. The Balaban J connectivity index is 2.52. The van der Waals surface area contributed by atoms with Crippen LogP contribution < -0.4 is 0 Å². The minimum atomic E-state index is -2.39. The number of nitrogens with zero attached hydrogens (tertiary/aromatic N) is 1. The zero-order chi connectivity index (χ0) is 11.3. The van der Waals surface area contributed by atoms with E-state index in [0.29, 0.717) is 19.6 Å². The number of esters is 1. The zero-order valence-electron chi connectivity index (χ0n) is 8.92. The van der Waals surface area contributed by atoms with Crippen LogP contribution in [0.1, 0.15) is 26.2 Å². The number of halogens is 2. The van der Waals surface area contributed by atoms with Crippen molar-refractivity contribution in [3.8, 4) is 0 Å². The van der Waals surface area contributed by atoms with E-state index in [-0.39, 0.29) is 12.5 Å². The molecule has 3 nitrogen and oxygen atoms in total. The molecule has 1 aliphatic heterocycles. The summed E-state index contributed by atoms with van der Waals surface area (Å²) in [6.07, 6.45) is 0.0252. The highest BCUT2D eigenvalue weighted by atomic mass is 19.3. The van der Waals surface area contributed by atoms with Crippen molar-refractivity contribution >= 4 is 5.97 Å². The molecular weight excluding hydrogens is 204 g/mol. The maximum atomic E-state index is 12.2. The molecule has 0 aromatic heterocycles. The van der Waals surface area contributed by atoms with Gasteiger partial charge in [0.05, 0.1) is 13.2 Å². The summed E-state index contributed by atoms with van der Waals surface area (Å²) in [5, 5.41) is 0. The molecule has 1 rings (SSSR count). The highest BCUT2D eigenvalue weighted by Gasteiger charge is 2.31. The number of hydrogen-bond donors (Lipinski definition) is 0. The van der Waals surface area contributed by atoms with Gasteiger partial charge in [0.15, 0.2) is 0 Å². The predicted octanol–water partition coefficient (Wildman–Crippen LogP) is 1.67. The number of alkyl halides is 2. The monoisotopic (exact) mass is 221 g/mol. The third-order valence-corrected chi connectivity index (χ3v) is 2.54. The average Bonchev–Trinajstić information content (AvgIpc) is 2.18. The first-order chi connectivity index (χ1) is 7.15. The van der Waals surface area contributed by atoms with Gasteiger partial charge in [-0.1, -0.05) is 6.42 Å².